The summed E-state index contributed by atoms with van der Waals surface area (Å²) in [7, 11) is 0. The van der Waals surface area contributed by atoms with E-state index in [9.17, 15) is 4.79 Å². The van der Waals surface area contributed by atoms with Gasteiger partial charge in [0.15, 0.2) is 6.61 Å². The van der Waals surface area contributed by atoms with Crippen molar-refractivity contribution in [1.29, 1.82) is 0 Å². The van der Waals surface area contributed by atoms with E-state index in [1.165, 1.54) is 11.3 Å². The zero-order chi connectivity index (χ0) is 17.6. The zero-order valence-corrected chi connectivity index (χ0v) is 15.1. The first-order chi connectivity index (χ1) is 12.1. The molecule has 4 nitrogen and oxygen atoms in total. The topological polar surface area (TPSA) is 51.2 Å². The number of aromatic nitrogens is 1. The van der Waals surface area contributed by atoms with Gasteiger partial charge >= 0.3 is 0 Å². The van der Waals surface area contributed by atoms with Gasteiger partial charge in [-0.1, -0.05) is 42.5 Å². The fourth-order valence-electron chi connectivity index (χ4n) is 2.38. The molecule has 0 aliphatic heterocycles. The molecule has 1 amide bonds. The van der Waals surface area contributed by atoms with Crippen LogP contribution >= 0.6 is 11.3 Å². The number of thiazole rings is 1. The summed E-state index contributed by atoms with van der Waals surface area (Å²) in [4.78, 5) is 16.6. The highest BCUT2D eigenvalue weighted by Gasteiger charge is 2.08. The van der Waals surface area contributed by atoms with Gasteiger partial charge in [-0.25, -0.2) is 4.98 Å². The van der Waals surface area contributed by atoms with Crippen LogP contribution in [0.1, 0.15) is 16.1 Å². The molecule has 1 aromatic heterocycles. The zero-order valence-electron chi connectivity index (χ0n) is 14.3. The molecule has 0 aliphatic rings. The standard InChI is InChI=1S/C20H20N2O2S/c1-14-7-6-10-18(15(14)2)24-12-19(23)21-11-20-22-17(13-25-20)16-8-4-3-5-9-16/h3-10,13H,11-12H2,1-2H3,(H,21,23). The number of nitrogens with zero attached hydrogens (tertiary/aromatic N) is 1. The number of ether oxygens (including phenoxy) is 1. The second-order valence-corrected chi connectivity index (χ2v) is 6.70. The summed E-state index contributed by atoms with van der Waals surface area (Å²) in [5.74, 6) is 0.591. The Morgan fingerprint density at radius 1 is 1.12 bits per heavy atom. The Bertz CT molecular complexity index is 859. The van der Waals surface area contributed by atoms with Crippen LogP contribution in [0.3, 0.4) is 0 Å². The average molecular weight is 352 g/mol. The van der Waals surface area contributed by atoms with E-state index in [4.69, 9.17) is 4.74 Å². The SMILES string of the molecule is Cc1cccc(OCC(=O)NCc2nc(-c3ccccc3)cs2)c1C. The normalized spacial score (nSPS) is 10.5. The lowest BCUT2D eigenvalue weighted by Gasteiger charge is -2.10. The molecule has 0 aliphatic carbocycles. The Morgan fingerprint density at radius 2 is 1.92 bits per heavy atom. The highest BCUT2D eigenvalue weighted by molar-refractivity contribution is 7.09. The summed E-state index contributed by atoms with van der Waals surface area (Å²) in [6, 6.07) is 15.8. The molecule has 3 rings (SSSR count). The summed E-state index contributed by atoms with van der Waals surface area (Å²) >= 11 is 1.54. The monoisotopic (exact) mass is 352 g/mol. The minimum absolute atomic E-state index is 0.00120. The molecule has 0 bridgehead atoms. The molecule has 2 aromatic carbocycles. The van der Waals surface area contributed by atoms with Crippen LogP contribution in [0.4, 0.5) is 0 Å². The second kappa shape index (κ2) is 7.94. The van der Waals surface area contributed by atoms with Gasteiger partial charge in [-0.2, -0.15) is 0 Å². The van der Waals surface area contributed by atoms with Crippen molar-refractivity contribution >= 4 is 17.2 Å². The molecule has 0 saturated heterocycles. The first-order valence-electron chi connectivity index (χ1n) is 8.09. The molecule has 0 spiro atoms. The van der Waals surface area contributed by atoms with Crippen molar-refractivity contribution in [2.24, 2.45) is 0 Å². The Morgan fingerprint density at radius 3 is 2.72 bits per heavy atom. The van der Waals surface area contributed by atoms with Crippen molar-refractivity contribution in [3.8, 4) is 17.0 Å². The molecule has 1 heterocycles. The lowest BCUT2D eigenvalue weighted by molar-refractivity contribution is -0.123. The number of amides is 1. The van der Waals surface area contributed by atoms with Crippen LogP contribution in [0.15, 0.2) is 53.9 Å². The number of aryl methyl sites for hydroxylation is 1. The lowest BCUT2D eigenvalue weighted by Crippen LogP contribution is -2.28. The molecule has 0 unspecified atom stereocenters. The molecular formula is C20H20N2O2S. The van der Waals surface area contributed by atoms with Crippen molar-refractivity contribution < 1.29 is 9.53 Å². The van der Waals surface area contributed by atoms with Gasteiger partial charge in [-0.05, 0) is 31.0 Å². The average Bonchev–Trinajstić information content (AvgIpc) is 3.11. The number of nitrogens with one attached hydrogen (secondary N) is 1. The molecule has 1 N–H and O–H groups in total. The van der Waals surface area contributed by atoms with E-state index in [-0.39, 0.29) is 12.5 Å². The van der Waals surface area contributed by atoms with Crippen LogP contribution in [0.25, 0.3) is 11.3 Å². The fourth-order valence-corrected chi connectivity index (χ4v) is 3.13. The van der Waals surface area contributed by atoms with Gasteiger partial charge in [0, 0.05) is 10.9 Å². The van der Waals surface area contributed by atoms with Crippen molar-refractivity contribution in [3.05, 3.63) is 70.0 Å². The third-order valence-electron chi connectivity index (χ3n) is 3.97. The quantitative estimate of drug-likeness (QED) is 0.726. The molecule has 3 aromatic rings. The lowest BCUT2D eigenvalue weighted by atomic mass is 10.1. The summed E-state index contributed by atoms with van der Waals surface area (Å²) in [6.45, 7) is 4.42. The number of carbonyl (C=O) groups is 1. The highest BCUT2D eigenvalue weighted by Crippen LogP contribution is 2.22. The minimum Gasteiger partial charge on any atom is -0.483 e. The van der Waals surface area contributed by atoms with E-state index >= 15 is 0 Å². The van der Waals surface area contributed by atoms with Crippen LogP contribution in [0, 0.1) is 13.8 Å². The minimum atomic E-state index is -0.155. The summed E-state index contributed by atoms with van der Waals surface area (Å²) in [5.41, 5.74) is 4.22. The smallest absolute Gasteiger partial charge is 0.258 e. The molecule has 0 fully saturated rings. The summed E-state index contributed by atoms with van der Waals surface area (Å²) < 4.78 is 5.61. The maximum absolute atomic E-state index is 12.0. The number of hydrogen-bond donors (Lipinski definition) is 1. The molecular weight excluding hydrogens is 332 g/mol. The van der Waals surface area contributed by atoms with E-state index in [1.54, 1.807) is 0 Å². The van der Waals surface area contributed by atoms with E-state index in [0.717, 1.165) is 33.1 Å². The van der Waals surface area contributed by atoms with Crippen LogP contribution in [0.2, 0.25) is 0 Å². The molecule has 25 heavy (non-hydrogen) atoms. The van der Waals surface area contributed by atoms with Gasteiger partial charge in [0.1, 0.15) is 10.8 Å². The largest absolute Gasteiger partial charge is 0.483 e. The van der Waals surface area contributed by atoms with Gasteiger partial charge in [-0.15, -0.1) is 11.3 Å². The van der Waals surface area contributed by atoms with Crippen molar-refractivity contribution in [2.75, 3.05) is 6.61 Å². The molecule has 0 radical (unpaired) electrons. The Balaban J connectivity index is 1.51. The van der Waals surface area contributed by atoms with Crippen LogP contribution < -0.4 is 10.1 Å². The second-order valence-electron chi connectivity index (χ2n) is 5.76. The van der Waals surface area contributed by atoms with Crippen molar-refractivity contribution in [3.63, 3.8) is 0 Å². The van der Waals surface area contributed by atoms with E-state index in [0.29, 0.717) is 6.54 Å². The van der Waals surface area contributed by atoms with Crippen LogP contribution in [-0.2, 0) is 11.3 Å². The molecule has 0 saturated carbocycles. The van der Waals surface area contributed by atoms with Gasteiger partial charge in [-0.3, -0.25) is 4.79 Å². The van der Waals surface area contributed by atoms with Gasteiger partial charge in [0.25, 0.3) is 5.91 Å². The summed E-state index contributed by atoms with van der Waals surface area (Å²) in [6.07, 6.45) is 0. The van der Waals surface area contributed by atoms with Crippen molar-refractivity contribution in [2.45, 2.75) is 20.4 Å². The Kier molecular flexibility index (Phi) is 5.46. The van der Waals surface area contributed by atoms with Gasteiger partial charge < -0.3 is 10.1 Å². The van der Waals surface area contributed by atoms with Gasteiger partial charge in [0.2, 0.25) is 0 Å². The fraction of sp³-hybridized carbons (Fsp3) is 0.200. The van der Waals surface area contributed by atoms with E-state index < -0.39 is 0 Å². The van der Waals surface area contributed by atoms with E-state index in [1.807, 2.05) is 67.8 Å². The number of hydrogen-bond acceptors (Lipinski definition) is 4. The number of benzene rings is 2. The predicted octanol–water partition coefficient (Wildman–Crippen LogP) is 4.12. The van der Waals surface area contributed by atoms with Crippen molar-refractivity contribution in [1.82, 2.24) is 10.3 Å². The number of carbonyl (C=O) groups excluding carboxylic acids is 1. The maximum Gasteiger partial charge on any atom is 0.258 e. The summed E-state index contributed by atoms with van der Waals surface area (Å²) in [5, 5.41) is 5.73. The Labute approximate surface area is 151 Å². The third-order valence-corrected chi connectivity index (χ3v) is 4.82. The molecule has 128 valence electrons. The van der Waals surface area contributed by atoms with Crippen LogP contribution in [-0.4, -0.2) is 17.5 Å². The van der Waals surface area contributed by atoms with Gasteiger partial charge in [0.05, 0.1) is 12.2 Å². The third kappa shape index (κ3) is 4.45. The molecule has 5 heteroatoms. The maximum atomic E-state index is 12.0. The highest BCUT2D eigenvalue weighted by atomic mass is 32.1. The Hall–Kier alpha value is -2.66. The molecule has 0 atom stereocenters. The number of rotatable bonds is 6. The first kappa shape index (κ1) is 17.2. The van der Waals surface area contributed by atoms with E-state index in [2.05, 4.69) is 10.3 Å². The first-order valence-corrected chi connectivity index (χ1v) is 8.97. The predicted molar refractivity (Wildman–Crippen MR) is 101 cm³/mol. The van der Waals surface area contributed by atoms with Crippen LogP contribution in [0.5, 0.6) is 5.75 Å².